The fourth-order valence-corrected chi connectivity index (χ4v) is 3.06. The van der Waals surface area contributed by atoms with Gasteiger partial charge in [0, 0.05) is 25.0 Å². The van der Waals surface area contributed by atoms with Crippen LogP contribution in [0.25, 0.3) is 0 Å². The summed E-state index contributed by atoms with van der Waals surface area (Å²) in [5.74, 6) is 1.49. The van der Waals surface area contributed by atoms with Crippen molar-refractivity contribution in [3.05, 3.63) is 17.5 Å². The van der Waals surface area contributed by atoms with E-state index in [-0.39, 0.29) is 0 Å². The van der Waals surface area contributed by atoms with Crippen LogP contribution in [0, 0.1) is 12.8 Å². The summed E-state index contributed by atoms with van der Waals surface area (Å²) in [5, 5.41) is 0. The Bertz CT molecular complexity index is 433. The minimum atomic E-state index is 0.594. The number of anilines is 1. The van der Waals surface area contributed by atoms with Gasteiger partial charge in [-0.3, -0.25) is 0 Å². The van der Waals surface area contributed by atoms with Crippen molar-refractivity contribution in [3.63, 3.8) is 0 Å². The molecule has 2 N–H and O–H groups in total. The molecule has 1 fully saturated rings. The molecule has 2 heterocycles. The second-order valence-corrected chi connectivity index (χ2v) is 6.28. The van der Waals surface area contributed by atoms with Crippen molar-refractivity contribution in [1.29, 1.82) is 0 Å². The van der Waals surface area contributed by atoms with Crippen LogP contribution in [0.2, 0.25) is 0 Å². The number of piperidine rings is 1. The van der Waals surface area contributed by atoms with Crippen LogP contribution in [-0.4, -0.2) is 29.6 Å². The first kappa shape index (κ1) is 16.2. The molecule has 0 bridgehead atoms. The van der Waals surface area contributed by atoms with Gasteiger partial charge in [0.05, 0.1) is 0 Å². The van der Waals surface area contributed by atoms with Gasteiger partial charge < -0.3 is 10.6 Å². The zero-order valence-electron chi connectivity index (χ0n) is 13.6. The maximum Gasteiger partial charge on any atom is 0.225 e. The summed E-state index contributed by atoms with van der Waals surface area (Å²) in [4.78, 5) is 11.6. The van der Waals surface area contributed by atoms with Gasteiger partial charge in [-0.05, 0) is 50.6 Å². The van der Waals surface area contributed by atoms with Crippen LogP contribution >= 0.6 is 0 Å². The largest absolute Gasteiger partial charge is 0.340 e. The smallest absolute Gasteiger partial charge is 0.225 e. The molecular formula is C17H30N4. The Morgan fingerprint density at radius 1 is 1.33 bits per heavy atom. The van der Waals surface area contributed by atoms with Crippen LogP contribution in [-0.2, 0) is 6.42 Å². The Kier molecular flexibility index (Phi) is 6.43. The summed E-state index contributed by atoms with van der Waals surface area (Å²) < 4.78 is 0. The second kappa shape index (κ2) is 8.32. The molecule has 1 aliphatic heterocycles. The fraction of sp³-hybridized carbons (Fsp3) is 0.765. The Morgan fingerprint density at radius 2 is 2.19 bits per heavy atom. The van der Waals surface area contributed by atoms with Gasteiger partial charge in [0.1, 0.15) is 0 Å². The Labute approximate surface area is 129 Å². The molecule has 0 amide bonds. The Morgan fingerprint density at radius 3 is 2.90 bits per heavy atom. The molecule has 0 aliphatic carbocycles. The lowest BCUT2D eigenvalue weighted by molar-refractivity contribution is 0.419. The molecule has 0 saturated carbocycles. The number of rotatable bonds is 7. The SMILES string of the molecule is CCCCCCc1cnc(N2CCCC(CN)C2)nc1C. The van der Waals surface area contributed by atoms with Crippen molar-refractivity contribution < 1.29 is 0 Å². The minimum Gasteiger partial charge on any atom is -0.340 e. The number of aromatic nitrogens is 2. The van der Waals surface area contributed by atoms with Crippen LogP contribution in [0.1, 0.15) is 56.7 Å². The predicted molar refractivity (Wildman–Crippen MR) is 88.6 cm³/mol. The monoisotopic (exact) mass is 290 g/mol. The third kappa shape index (κ3) is 4.67. The van der Waals surface area contributed by atoms with Gasteiger partial charge in [-0.25, -0.2) is 9.97 Å². The zero-order valence-corrected chi connectivity index (χ0v) is 13.6. The molecule has 1 saturated heterocycles. The molecule has 4 heteroatoms. The highest BCUT2D eigenvalue weighted by atomic mass is 15.3. The summed E-state index contributed by atoms with van der Waals surface area (Å²) >= 11 is 0. The molecule has 1 atom stereocenters. The Hall–Kier alpha value is -1.16. The van der Waals surface area contributed by atoms with Gasteiger partial charge in [0.15, 0.2) is 0 Å². The molecule has 0 radical (unpaired) electrons. The molecule has 0 spiro atoms. The van der Waals surface area contributed by atoms with Crippen molar-refractivity contribution in [1.82, 2.24) is 9.97 Å². The summed E-state index contributed by atoms with van der Waals surface area (Å²) in [5.41, 5.74) is 8.26. The highest BCUT2D eigenvalue weighted by Gasteiger charge is 2.21. The number of nitrogens with two attached hydrogens (primary N) is 1. The van der Waals surface area contributed by atoms with Gasteiger partial charge in [-0.2, -0.15) is 0 Å². The van der Waals surface area contributed by atoms with Crippen molar-refractivity contribution in [2.75, 3.05) is 24.5 Å². The van der Waals surface area contributed by atoms with Gasteiger partial charge >= 0.3 is 0 Å². The normalized spacial score (nSPS) is 19.0. The molecule has 1 unspecified atom stereocenters. The van der Waals surface area contributed by atoms with Gasteiger partial charge in [-0.15, -0.1) is 0 Å². The lowest BCUT2D eigenvalue weighted by Gasteiger charge is -2.32. The maximum atomic E-state index is 5.81. The van der Waals surface area contributed by atoms with Gasteiger partial charge in [-0.1, -0.05) is 26.2 Å². The number of hydrogen-bond acceptors (Lipinski definition) is 4. The summed E-state index contributed by atoms with van der Waals surface area (Å²) in [6.45, 7) is 7.20. The first-order valence-corrected chi connectivity index (χ1v) is 8.52. The summed E-state index contributed by atoms with van der Waals surface area (Å²) in [6, 6.07) is 0. The molecule has 118 valence electrons. The molecule has 2 rings (SSSR count). The second-order valence-electron chi connectivity index (χ2n) is 6.28. The van der Waals surface area contributed by atoms with E-state index < -0.39 is 0 Å². The topological polar surface area (TPSA) is 55.0 Å². The van der Waals surface area contributed by atoms with Crippen LogP contribution in [0.15, 0.2) is 6.20 Å². The standard InChI is InChI=1S/C17H30N4/c1-3-4-5-6-9-16-12-19-17(20-14(16)2)21-10-7-8-15(11-18)13-21/h12,15H,3-11,13,18H2,1-2H3. The van der Waals surface area contributed by atoms with Crippen LogP contribution in [0.4, 0.5) is 5.95 Å². The van der Waals surface area contributed by atoms with E-state index in [1.165, 1.54) is 44.1 Å². The highest BCUT2D eigenvalue weighted by Crippen LogP contribution is 2.21. The van der Waals surface area contributed by atoms with E-state index in [2.05, 4.69) is 23.7 Å². The number of aryl methyl sites for hydroxylation is 2. The molecule has 1 aliphatic rings. The van der Waals surface area contributed by atoms with E-state index in [9.17, 15) is 0 Å². The highest BCUT2D eigenvalue weighted by molar-refractivity contribution is 5.33. The van der Waals surface area contributed by atoms with E-state index in [1.807, 2.05) is 6.20 Å². The third-order valence-electron chi connectivity index (χ3n) is 4.50. The fourth-order valence-electron chi connectivity index (χ4n) is 3.06. The molecule has 1 aromatic rings. The summed E-state index contributed by atoms with van der Waals surface area (Å²) in [6.07, 6.45) is 10.7. The van der Waals surface area contributed by atoms with Gasteiger partial charge in [0.2, 0.25) is 5.95 Å². The van der Waals surface area contributed by atoms with E-state index in [0.29, 0.717) is 5.92 Å². The predicted octanol–water partition coefficient (Wildman–Crippen LogP) is 3.08. The van der Waals surface area contributed by atoms with Crippen LogP contribution in [0.5, 0.6) is 0 Å². The van der Waals surface area contributed by atoms with E-state index >= 15 is 0 Å². The van der Waals surface area contributed by atoms with Crippen molar-refractivity contribution in [2.24, 2.45) is 11.7 Å². The van der Waals surface area contributed by atoms with E-state index in [4.69, 9.17) is 10.7 Å². The number of unbranched alkanes of at least 4 members (excludes halogenated alkanes) is 3. The molecule has 21 heavy (non-hydrogen) atoms. The molecular weight excluding hydrogens is 260 g/mol. The first-order chi connectivity index (χ1) is 10.2. The van der Waals surface area contributed by atoms with Gasteiger partial charge in [0.25, 0.3) is 0 Å². The molecule has 1 aromatic heterocycles. The maximum absolute atomic E-state index is 5.81. The van der Waals surface area contributed by atoms with E-state index in [1.54, 1.807) is 0 Å². The lowest BCUT2D eigenvalue weighted by Crippen LogP contribution is -2.39. The van der Waals surface area contributed by atoms with Crippen LogP contribution in [0.3, 0.4) is 0 Å². The zero-order chi connectivity index (χ0) is 15.1. The van der Waals surface area contributed by atoms with Crippen molar-refractivity contribution in [2.45, 2.75) is 58.8 Å². The Balaban J connectivity index is 1.94. The first-order valence-electron chi connectivity index (χ1n) is 8.52. The number of hydrogen-bond donors (Lipinski definition) is 1. The lowest BCUT2D eigenvalue weighted by atomic mass is 9.99. The average molecular weight is 290 g/mol. The third-order valence-corrected chi connectivity index (χ3v) is 4.50. The molecule has 0 aromatic carbocycles. The molecule has 4 nitrogen and oxygen atoms in total. The van der Waals surface area contributed by atoms with E-state index in [0.717, 1.165) is 37.7 Å². The minimum absolute atomic E-state index is 0.594. The van der Waals surface area contributed by atoms with Crippen molar-refractivity contribution >= 4 is 5.95 Å². The van der Waals surface area contributed by atoms with Crippen molar-refractivity contribution in [3.8, 4) is 0 Å². The quantitative estimate of drug-likeness (QED) is 0.784. The summed E-state index contributed by atoms with van der Waals surface area (Å²) in [7, 11) is 0. The van der Waals surface area contributed by atoms with Crippen LogP contribution < -0.4 is 10.6 Å². The number of nitrogens with zero attached hydrogens (tertiary/aromatic N) is 3. The average Bonchev–Trinajstić information content (AvgIpc) is 2.53.